The van der Waals surface area contributed by atoms with Crippen molar-refractivity contribution in [1.82, 2.24) is 24.0 Å². The molecule has 1 saturated heterocycles. The van der Waals surface area contributed by atoms with Crippen molar-refractivity contribution >= 4 is 28.0 Å². The first kappa shape index (κ1) is 21.9. The van der Waals surface area contributed by atoms with Crippen molar-refractivity contribution in [2.75, 3.05) is 27.3 Å². The Hall–Kier alpha value is -3.55. The number of imidazole rings is 1. The second kappa shape index (κ2) is 8.59. The smallest absolute Gasteiger partial charge is 0.254 e. The third-order valence-electron chi connectivity index (χ3n) is 7.34. The summed E-state index contributed by atoms with van der Waals surface area (Å²) in [4.78, 5) is 25.0. The van der Waals surface area contributed by atoms with Crippen LogP contribution in [0.1, 0.15) is 42.5 Å². The van der Waals surface area contributed by atoms with Gasteiger partial charge in [0.1, 0.15) is 16.9 Å². The van der Waals surface area contributed by atoms with Gasteiger partial charge in [-0.25, -0.2) is 4.98 Å². The summed E-state index contributed by atoms with van der Waals surface area (Å²) in [6, 6.07) is 9.86. The first-order valence-electron chi connectivity index (χ1n) is 12.5. The highest BCUT2D eigenvalue weighted by Crippen LogP contribution is 2.38. The zero-order valence-electron chi connectivity index (χ0n) is 20.6. The third kappa shape index (κ3) is 3.81. The molecule has 6 rings (SSSR count). The molecule has 8 nitrogen and oxygen atoms in total. The number of hydrogen-bond acceptors (Lipinski definition) is 5. The number of aromatic nitrogens is 4. The van der Waals surface area contributed by atoms with Gasteiger partial charge in [0.15, 0.2) is 5.82 Å². The van der Waals surface area contributed by atoms with Crippen molar-refractivity contribution in [3.8, 4) is 23.1 Å². The van der Waals surface area contributed by atoms with Gasteiger partial charge in [-0.15, -0.1) is 0 Å². The summed E-state index contributed by atoms with van der Waals surface area (Å²) in [5.41, 5.74) is 4.19. The van der Waals surface area contributed by atoms with Gasteiger partial charge in [0.2, 0.25) is 5.88 Å². The average molecular weight is 474 g/mol. The van der Waals surface area contributed by atoms with Crippen molar-refractivity contribution in [1.29, 1.82) is 0 Å². The Balaban J connectivity index is 1.49. The van der Waals surface area contributed by atoms with E-state index in [1.807, 2.05) is 36.2 Å². The molecule has 8 heteroatoms. The number of hydrogen-bond donors (Lipinski definition) is 0. The van der Waals surface area contributed by atoms with E-state index in [9.17, 15) is 4.79 Å². The summed E-state index contributed by atoms with van der Waals surface area (Å²) >= 11 is 0. The molecule has 0 N–H and O–H groups in total. The number of carbonyl (C=O) groups excluding carboxylic acids is 1. The molecule has 182 valence electrons. The maximum Gasteiger partial charge on any atom is 0.254 e. The Morgan fingerprint density at radius 3 is 2.54 bits per heavy atom. The quantitative estimate of drug-likeness (QED) is 0.408. The van der Waals surface area contributed by atoms with Crippen LogP contribution in [0.25, 0.3) is 33.6 Å². The number of benzene rings is 1. The normalized spacial score (nSPS) is 16.3. The topological polar surface area (TPSA) is 74.4 Å². The van der Waals surface area contributed by atoms with Crippen LogP contribution < -0.4 is 9.47 Å². The summed E-state index contributed by atoms with van der Waals surface area (Å²) in [6.45, 7) is 2.52. The van der Waals surface area contributed by atoms with E-state index >= 15 is 0 Å². The first-order chi connectivity index (χ1) is 17.1. The number of pyridine rings is 1. The molecule has 1 amide bonds. The van der Waals surface area contributed by atoms with E-state index in [-0.39, 0.29) is 5.91 Å². The van der Waals surface area contributed by atoms with Gasteiger partial charge in [0.25, 0.3) is 5.91 Å². The number of nitrogens with zero attached hydrogens (tertiary/aromatic N) is 5. The van der Waals surface area contributed by atoms with E-state index in [1.165, 1.54) is 19.3 Å². The van der Waals surface area contributed by atoms with Gasteiger partial charge >= 0.3 is 0 Å². The molecule has 0 spiro atoms. The maximum absolute atomic E-state index is 13.2. The number of likely N-dealkylation sites (tertiary alicyclic amines) is 1. The molecule has 0 unspecified atom stereocenters. The highest BCUT2D eigenvalue weighted by Gasteiger charge is 2.27. The van der Waals surface area contributed by atoms with E-state index in [2.05, 4.69) is 15.2 Å². The second-order valence-corrected chi connectivity index (χ2v) is 9.74. The third-order valence-corrected chi connectivity index (χ3v) is 7.34. The van der Waals surface area contributed by atoms with Crippen LogP contribution in [-0.2, 0) is 13.6 Å². The number of rotatable bonds is 6. The van der Waals surface area contributed by atoms with Crippen LogP contribution in [0.5, 0.6) is 11.6 Å². The molecule has 1 aromatic carbocycles. The molecule has 1 aliphatic carbocycles. The lowest BCUT2D eigenvalue weighted by atomic mass is 10.1. The van der Waals surface area contributed by atoms with Gasteiger partial charge in [0.05, 0.1) is 25.4 Å². The number of aryl methyl sites for hydroxylation is 1. The predicted octanol–water partition coefficient (Wildman–Crippen LogP) is 4.64. The largest absolute Gasteiger partial charge is 0.494 e. The fraction of sp³-hybridized carbons (Fsp3) is 0.444. The summed E-state index contributed by atoms with van der Waals surface area (Å²) in [5.74, 6) is 2.81. The van der Waals surface area contributed by atoms with Crippen molar-refractivity contribution in [3.63, 3.8) is 0 Å². The van der Waals surface area contributed by atoms with Gasteiger partial charge in [-0.05, 0) is 62.3 Å². The Morgan fingerprint density at radius 1 is 1.03 bits per heavy atom. The van der Waals surface area contributed by atoms with Crippen LogP contribution >= 0.6 is 0 Å². The standard InChI is InChI=1S/C27H31N5O3/c1-30-24-20(13-19(15-22(24)34-2)27(33)31-11-5-4-6-12-31)28-26(30)21-14-18-9-10-23(35-3)29-25(18)32(21)16-17-7-8-17/h9-10,13-15,17H,4-8,11-12,16H2,1-3H3. The van der Waals surface area contributed by atoms with Crippen molar-refractivity contribution in [2.45, 2.75) is 38.6 Å². The molecule has 2 fully saturated rings. The minimum absolute atomic E-state index is 0.0521. The number of amides is 1. The Morgan fingerprint density at radius 2 is 1.83 bits per heavy atom. The molecule has 4 heterocycles. The van der Waals surface area contributed by atoms with Crippen molar-refractivity contribution in [2.24, 2.45) is 13.0 Å². The molecular weight excluding hydrogens is 442 g/mol. The Labute approximate surface area is 204 Å². The van der Waals surface area contributed by atoms with Crippen LogP contribution in [0, 0.1) is 5.92 Å². The number of fused-ring (bicyclic) bond motifs is 2. The van der Waals surface area contributed by atoms with Gasteiger partial charge in [-0.2, -0.15) is 4.98 Å². The highest BCUT2D eigenvalue weighted by molar-refractivity contribution is 6.00. The fourth-order valence-corrected chi connectivity index (χ4v) is 5.25. The lowest BCUT2D eigenvalue weighted by molar-refractivity contribution is 0.0724. The van der Waals surface area contributed by atoms with Gasteiger partial charge < -0.3 is 23.5 Å². The summed E-state index contributed by atoms with van der Waals surface area (Å²) in [6.07, 6.45) is 5.78. The van der Waals surface area contributed by atoms with Gasteiger partial charge in [0, 0.05) is 43.7 Å². The van der Waals surface area contributed by atoms with E-state index in [4.69, 9.17) is 19.4 Å². The Kier molecular flexibility index (Phi) is 5.39. The van der Waals surface area contributed by atoms with Crippen molar-refractivity contribution in [3.05, 3.63) is 35.9 Å². The minimum Gasteiger partial charge on any atom is -0.494 e. The number of methoxy groups -OCH3 is 2. The zero-order chi connectivity index (χ0) is 24.1. The van der Waals surface area contributed by atoms with E-state index in [1.54, 1.807) is 14.2 Å². The molecule has 1 aliphatic heterocycles. The summed E-state index contributed by atoms with van der Waals surface area (Å²) < 4.78 is 15.5. The lowest BCUT2D eigenvalue weighted by Gasteiger charge is -2.26. The molecule has 3 aromatic heterocycles. The lowest BCUT2D eigenvalue weighted by Crippen LogP contribution is -2.35. The van der Waals surface area contributed by atoms with Crippen LogP contribution in [0.4, 0.5) is 0 Å². The highest BCUT2D eigenvalue weighted by atomic mass is 16.5. The number of piperidine rings is 1. The predicted molar refractivity (Wildman–Crippen MR) is 135 cm³/mol. The Bertz CT molecular complexity index is 1430. The summed E-state index contributed by atoms with van der Waals surface area (Å²) in [5, 5.41) is 1.06. The molecule has 0 bridgehead atoms. The molecule has 4 aromatic rings. The monoisotopic (exact) mass is 473 g/mol. The fourth-order valence-electron chi connectivity index (χ4n) is 5.25. The van der Waals surface area contributed by atoms with Crippen molar-refractivity contribution < 1.29 is 14.3 Å². The molecule has 0 atom stereocenters. The molecule has 2 aliphatic rings. The number of ether oxygens (including phenoxy) is 2. The van der Waals surface area contributed by atoms with Crippen LogP contribution in [-0.4, -0.2) is 57.2 Å². The van der Waals surface area contributed by atoms with Crippen LogP contribution in [0.15, 0.2) is 30.3 Å². The zero-order valence-corrected chi connectivity index (χ0v) is 20.6. The maximum atomic E-state index is 13.2. The first-order valence-corrected chi connectivity index (χ1v) is 12.5. The van der Waals surface area contributed by atoms with E-state index in [0.29, 0.717) is 23.1 Å². The second-order valence-electron chi connectivity index (χ2n) is 9.74. The molecule has 0 radical (unpaired) electrons. The van der Waals surface area contributed by atoms with Crippen LogP contribution in [0.3, 0.4) is 0 Å². The average Bonchev–Trinajstić information content (AvgIpc) is 3.57. The van der Waals surface area contributed by atoms with E-state index in [0.717, 1.165) is 66.1 Å². The molecule has 1 saturated carbocycles. The van der Waals surface area contributed by atoms with Crippen LogP contribution in [0.2, 0.25) is 0 Å². The van der Waals surface area contributed by atoms with Gasteiger partial charge in [-0.1, -0.05) is 0 Å². The van der Waals surface area contributed by atoms with E-state index < -0.39 is 0 Å². The van der Waals surface area contributed by atoms with Gasteiger partial charge in [-0.3, -0.25) is 4.79 Å². The SMILES string of the molecule is COc1ccc2cc(-c3nc4cc(C(=O)N5CCCCC5)cc(OC)c4n3C)n(CC3CC3)c2n1. The molecule has 35 heavy (non-hydrogen) atoms. The summed E-state index contributed by atoms with van der Waals surface area (Å²) in [7, 11) is 5.30. The minimum atomic E-state index is 0.0521. The number of carbonyl (C=O) groups is 1. The molecular formula is C27H31N5O3.